The Hall–Kier alpha value is -2.11. The Bertz CT molecular complexity index is 658. The molecule has 6 heteroatoms. The van der Waals surface area contributed by atoms with Gasteiger partial charge in [0.1, 0.15) is 6.04 Å². The highest BCUT2D eigenvalue weighted by atomic mass is 16.2. The molecule has 0 N–H and O–H groups in total. The van der Waals surface area contributed by atoms with Crippen molar-refractivity contribution in [1.82, 2.24) is 19.6 Å². The van der Waals surface area contributed by atoms with Gasteiger partial charge in [-0.05, 0) is 44.1 Å². The lowest BCUT2D eigenvalue weighted by molar-refractivity contribution is -0.143. The summed E-state index contributed by atoms with van der Waals surface area (Å²) in [5.41, 5.74) is 1.23. The largest absolute Gasteiger partial charge is 0.341 e. The van der Waals surface area contributed by atoms with E-state index in [0.717, 1.165) is 44.5 Å². The molecule has 3 rings (SSSR count). The van der Waals surface area contributed by atoms with Crippen LogP contribution in [0.4, 0.5) is 0 Å². The predicted molar refractivity (Wildman–Crippen MR) is 95.9 cm³/mol. The van der Waals surface area contributed by atoms with Gasteiger partial charge in [-0.25, -0.2) is 0 Å². The Balaban J connectivity index is 1.60. The van der Waals surface area contributed by atoms with Crippen LogP contribution in [-0.2, 0) is 9.59 Å². The third-order valence-corrected chi connectivity index (χ3v) is 5.72. The molecule has 1 aromatic heterocycles. The number of hydrogen-bond donors (Lipinski definition) is 0. The van der Waals surface area contributed by atoms with E-state index in [0.29, 0.717) is 13.0 Å². The fourth-order valence-electron chi connectivity index (χ4n) is 4.06. The molecule has 0 bridgehead atoms. The number of aromatic nitrogens is 2. The predicted octanol–water partition coefficient (Wildman–Crippen LogP) is 2.17. The van der Waals surface area contributed by atoms with E-state index in [4.69, 9.17) is 0 Å². The highest BCUT2D eigenvalue weighted by molar-refractivity contribution is 5.80. The van der Waals surface area contributed by atoms with Crippen LogP contribution >= 0.6 is 0 Å². The normalized spacial score (nSPS) is 21.4. The Labute approximate surface area is 149 Å². The summed E-state index contributed by atoms with van der Waals surface area (Å²) in [5, 5.41) is 4.27. The third-order valence-electron chi connectivity index (χ3n) is 5.72. The Kier molecular flexibility index (Phi) is 4.97. The van der Waals surface area contributed by atoms with E-state index < -0.39 is 0 Å². The topological polar surface area (TPSA) is 58.4 Å². The molecule has 2 saturated heterocycles. The highest BCUT2D eigenvalue weighted by Crippen LogP contribution is 2.40. The van der Waals surface area contributed by atoms with Crippen LogP contribution in [0.5, 0.6) is 0 Å². The fourth-order valence-corrected chi connectivity index (χ4v) is 4.06. The first-order valence-electron chi connectivity index (χ1n) is 9.12. The molecule has 6 nitrogen and oxygen atoms in total. The minimum Gasteiger partial charge on any atom is -0.341 e. The zero-order valence-electron chi connectivity index (χ0n) is 15.3. The quantitative estimate of drug-likeness (QED) is 0.787. The average Bonchev–Trinajstić information content (AvgIpc) is 3.04. The van der Waals surface area contributed by atoms with E-state index in [9.17, 15) is 9.59 Å². The van der Waals surface area contributed by atoms with Gasteiger partial charge in [0.2, 0.25) is 11.8 Å². The number of rotatable bonds is 4. The molecule has 2 aliphatic heterocycles. The molecule has 3 heterocycles. The van der Waals surface area contributed by atoms with Gasteiger partial charge >= 0.3 is 0 Å². The molecule has 2 aliphatic rings. The van der Waals surface area contributed by atoms with Crippen LogP contribution < -0.4 is 0 Å². The van der Waals surface area contributed by atoms with Crippen molar-refractivity contribution in [2.45, 2.75) is 45.6 Å². The molecule has 2 amide bonds. The molecule has 0 saturated carbocycles. The number of likely N-dealkylation sites (tertiary alicyclic amines) is 2. The number of aryl methyl sites for hydroxylation is 1. The maximum atomic E-state index is 12.8. The molecular weight excluding hydrogens is 316 g/mol. The van der Waals surface area contributed by atoms with Crippen molar-refractivity contribution < 1.29 is 9.59 Å². The van der Waals surface area contributed by atoms with E-state index in [-0.39, 0.29) is 23.3 Å². The van der Waals surface area contributed by atoms with Gasteiger partial charge in [-0.2, -0.15) is 5.10 Å². The molecule has 0 radical (unpaired) electrons. The van der Waals surface area contributed by atoms with Gasteiger partial charge in [-0.1, -0.05) is 6.08 Å². The van der Waals surface area contributed by atoms with Crippen molar-refractivity contribution in [2.75, 3.05) is 26.2 Å². The molecule has 0 unspecified atom stereocenters. The zero-order valence-corrected chi connectivity index (χ0v) is 15.3. The maximum Gasteiger partial charge on any atom is 0.247 e. The van der Waals surface area contributed by atoms with Gasteiger partial charge in [-0.15, -0.1) is 6.58 Å². The second-order valence-electron chi connectivity index (χ2n) is 7.56. The Morgan fingerprint density at radius 2 is 2.12 bits per heavy atom. The van der Waals surface area contributed by atoms with Crippen molar-refractivity contribution in [3.63, 3.8) is 0 Å². The average molecular weight is 344 g/mol. The molecule has 136 valence electrons. The van der Waals surface area contributed by atoms with E-state index in [1.54, 1.807) is 17.0 Å². The lowest BCUT2D eigenvalue weighted by Gasteiger charge is -2.47. The minimum atomic E-state index is -0.270. The van der Waals surface area contributed by atoms with Gasteiger partial charge in [0.15, 0.2) is 0 Å². The first-order chi connectivity index (χ1) is 11.9. The number of piperidine rings is 2. The van der Waals surface area contributed by atoms with Crippen molar-refractivity contribution in [2.24, 2.45) is 5.41 Å². The van der Waals surface area contributed by atoms with Gasteiger partial charge in [-0.3, -0.25) is 14.3 Å². The SMILES string of the molecule is C=CCN1CC2(CCC1=O)CCN(C(=O)[C@H](C)n1cc(C)cn1)CC2. The van der Waals surface area contributed by atoms with Gasteiger partial charge in [0.25, 0.3) is 0 Å². The zero-order chi connectivity index (χ0) is 18.0. The molecule has 25 heavy (non-hydrogen) atoms. The van der Waals surface area contributed by atoms with E-state index in [1.807, 2.05) is 29.8 Å². The fraction of sp³-hybridized carbons (Fsp3) is 0.632. The van der Waals surface area contributed by atoms with Crippen molar-refractivity contribution in [1.29, 1.82) is 0 Å². The molecule has 0 aromatic carbocycles. The number of amides is 2. The van der Waals surface area contributed by atoms with Crippen LogP contribution in [0, 0.1) is 12.3 Å². The smallest absolute Gasteiger partial charge is 0.247 e. The van der Waals surface area contributed by atoms with Crippen LogP contribution in [0.1, 0.15) is 44.2 Å². The monoisotopic (exact) mass is 344 g/mol. The lowest BCUT2D eigenvalue weighted by atomic mass is 9.72. The molecule has 1 aromatic rings. The molecule has 0 aliphatic carbocycles. The van der Waals surface area contributed by atoms with Crippen molar-refractivity contribution in [3.05, 3.63) is 30.6 Å². The molecular formula is C19H28N4O2. The summed E-state index contributed by atoms with van der Waals surface area (Å²) >= 11 is 0. The second kappa shape index (κ2) is 7.02. The first kappa shape index (κ1) is 17.7. The van der Waals surface area contributed by atoms with Crippen LogP contribution in [0.15, 0.2) is 25.0 Å². The summed E-state index contributed by atoms with van der Waals surface area (Å²) in [4.78, 5) is 28.7. The summed E-state index contributed by atoms with van der Waals surface area (Å²) in [6, 6.07) is -0.270. The Morgan fingerprint density at radius 1 is 1.40 bits per heavy atom. The van der Waals surface area contributed by atoms with Crippen LogP contribution in [0.3, 0.4) is 0 Å². The van der Waals surface area contributed by atoms with E-state index >= 15 is 0 Å². The third kappa shape index (κ3) is 3.62. The minimum absolute atomic E-state index is 0.132. The van der Waals surface area contributed by atoms with Crippen molar-refractivity contribution >= 4 is 11.8 Å². The molecule has 2 fully saturated rings. The van der Waals surface area contributed by atoms with Crippen LogP contribution in [-0.4, -0.2) is 57.6 Å². The standard InChI is InChI=1S/C19H28N4O2/c1-4-9-22-14-19(6-5-17(22)24)7-10-21(11-8-19)18(25)16(3)23-13-15(2)12-20-23/h4,12-13,16H,1,5-11,14H2,2-3H3/t16-/m0/s1. The van der Waals surface area contributed by atoms with Crippen LogP contribution in [0.2, 0.25) is 0 Å². The van der Waals surface area contributed by atoms with Gasteiger partial charge in [0, 0.05) is 38.8 Å². The van der Waals surface area contributed by atoms with Gasteiger partial charge < -0.3 is 9.80 Å². The lowest BCUT2D eigenvalue weighted by Crippen LogP contribution is -2.53. The van der Waals surface area contributed by atoms with Gasteiger partial charge in [0.05, 0.1) is 6.20 Å². The first-order valence-corrected chi connectivity index (χ1v) is 9.12. The number of hydrogen-bond acceptors (Lipinski definition) is 3. The van der Waals surface area contributed by atoms with Crippen LogP contribution in [0.25, 0.3) is 0 Å². The summed E-state index contributed by atoms with van der Waals surface area (Å²) in [5.74, 6) is 0.361. The summed E-state index contributed by atoms with van der Waals surface area (Å²) in [6.07, 6.45) is 8.97. The summed E-state index contributed by atoms with van der Waals surface area (Å²) < 4.78 is 1.74. The molecule has 1 atom stereocenters. The summed E-state index contributed by atoms with van der Waals surface area (Å²) in [7, 11) is 0. The number of carbonyl (C=O) groups is 2. The van der Waals surface area contributed by atoms with Crippen molar-refractivity contribution in [3.8, 4) is 0 Å². The highest BCUT2D eigenvalue weighted by Gasteiger charge is 2.41. The van der Waals surface area contributed by atoms with E-state index in [1.165, 1.54) is 0 Å². The number of nitrogens with zero attached hydrogens (tertiary/aromatic N) is 4. The molecule has 1 spiro atoms. The van der Waals surface area contributed by atoms with E-state index in [2.05, 4.69) is 11.7 Å². The number of carbonyl (C=O) groups excluding carboxylic acids is 2. The Morgan fingerprint density at radius 3 is 2.72 bits per heavy atom. The maximum absolute atomic E-state index is 12.8. The second-order valence-corrected chi connectivity index (χ2v) is 7.56. The summed E-state index contributed by atoms with van der Waals surface area (Å²) in [6.45, 7) is 10.6.